The quantitative estimate of drug-likeness (QED) is 0.593. The number of rotatable bonds is 2. The Bertz CT molecular complexity index is 372. The van der Waals surface area contributed by atoms with Crippen molar-refractivity contribution < 1.29 is 0 Å². The van der Waals surface area contributed by atoms with E-state index < -0.39 is 0 Å². The number of aliphatic imine (C=N–C) groups is 1. The molecule has 4 heteroatoms. The number of hydrogen-bond donors (Lipinski definition) is 1. The lowest BCUT2D eigenvalue weighted by atomic mass is 10.1. The lowest BCUT2D eigenvalue weighted by Crippen LogP contribution is -2.20. The number of nitrogens with two attached hydrogens (primary N) is 1. The van der Waals surface area contributed by atoms with E-state index in [1.165, 1.54) is 25.7 Å². The Kier molecular flexibility index (Phi) is 2.75. The second-order valence-electron chi connectivity index (χ2n) is 4.29. The fourth-order valence-electron chi connectivity index (χ4n) is 2.15. The standard InChI is InChI=1S/C11H18N4/c1-8-10(7-15(2)14-8)13-11(12)9-5-3-4-6-9/h7,9H,3-6H2,1-2H3,(H2,12,13). The van der Waals surface area contributed by atoms with E-state index in [1.807, 2.05) is 20.2 Å². The number of amidine groups is 1. The van der Waals surface area contributed by atoms with Crippen LogP contribution in [0.15, 0.2) is 11.2 Å². The van der Waals surface area contributed by atoms with Crippen molar-refractivity contribution in [3.63, 3.8) is 0 Å². The largest absolute Gasteiger partial charge is 0.387 e. The van der Waals surface area contributed by atoms with Gasteiger partial charge in [0, 0.05) is 13.0 Å². The molecule has 1 aliphatic rings. The predicted octanol–water partition coefficient (Wildman–Crippen LogP) is 1.91. The average Bonchev–Trinajstić information content (AvgIpc) is 2.76. The maximum atomic E-state index is 6.00. The average molecular weight is 206 g/mol. The van der Waals surface area contributed by atoms with Crippen LogP contribution in [0.5, 0.6) is 0 Å². The van der Waals surface area contributed by atoms with E-state index in [2.05, 4.69) is 10.1 Å². The zero-order chi connectivity index (χ0) is 10.8. The lowest BCUT2D eigenvalue weighted by molar-refractivity contribution is 0.722. The Labute approximate surface area is 90.2 Å². The van der Waals surface area contributed by atoms with E-state index in [0.29, 0.717) is 5.92 Å². The van der Waals surface area contributed by atoms with Crippen LogP contribution in [0.2, 0.25) is 0 Å². The topological polar surface area (TPSA) is 56.2 Å². The van der Waals surface area contributed by atoms with Crippen molar-refractivity contribution >= 4 is 11.5 Å². The zero-order valence-corrected chi connectivity index (χ0v) is 9.40. The summed E-state index contributed by atoms with van der Waals surface area (Å²) in [5.41, 5.74) is 7.85. The summed E-state index contributed by atoms with van der Waals surface area (Å²) in [6.45, 7) is 1.96. The molecular weight excluding hydrogens is 188 g/mol. The normalized spacial score (nSPS) is 18.7. The van der Waals surface area contributed by atoms with Crippen LogP contribution in [0, 0.1) is 12.8 Å². The molecule has 1 aliphatic carbocycles. The smallest absolute Gasteiger partial charge is 0.106 e. The van der Waals surface area contributed by atoms with Crippen LogP contribution >= 0.6 is 0 Å². The second-order valence-corrected chi connectivity index (χ2v) is 4.29. The summed E-state index contributed by atoms with van der Waals surface area (Å²) in [5.74, 6) is 1.27. The molecule has 1 aromatic heterocycles. The van der Waals surface area contributed by atoms with Crippen molar-refractivity contribution in [3.05, 3.63) is 11.9 Å². The van der Waals surface area contributed by atoms with Gasteiger partial charge in [-0.15, -0.1) is 0 Å². The first-order valence-electron chi connectivity index (χ1n) is 5.51. The highest BCUT2D eigenvalue weighted by Gasteiger charge is 2.18. The van der Waals surface area contributed by atoms with E-state index in [4.69, 9.17) is 5.73 Å². The molecule has 2 N–H and O–H groups in total. The first kappa shape index (κ1) is 10.2. The number of nitrogens with zero attached hydrogens (tertiary/aromatic N) is 3. The highest BCUT2D eigenvalue weighted by atomic mass is 15.3. The van der Waals surface area contributed by atoms with Crippen molar-refractivity contribution in [2.45, 2.75) is 32.6 Å². The van der Waals surface area contributed by atoms with Gasteiger partial charge in [-0.1, -0.05) is 12.8 Å². The lowest BCUT2D eigenvalue weighted by Gasteiger charge is -2.06. The van der Waals surface area contributed by atoms with Gasteiger partial charge in [-0.3, -0.25) is 4.68 Å². The molecule has 4 nitrogen and oxygen atoms in total. The SMILES string of the molecule is Cc1nn(C)cc1N=C(N)C1CCCC1. The fourth-order valence-corrected chi connectivity index (χ4v) is 2.15. The van der Waals surface area contributed by atoms with Crippen LogP contribution in [-0.4, -0.2) is 15.6 Å². The molecule has 0 saturated heterocycles. The molecule has 0 atom stereocenters. The van der Waals surface area contributed by atoms with Gasteiger partial charge in [-0.25, -0.2) is 4.99 Å². The summed E-state index contributed by atoms with van der Waals surface area (Å²) in [4.78, 5) is 4.47. The van der Waals surface area contributed by atoms with Crippen LogP contribution < -0.4 is 5.73 Å². The van der Waals surface area contributed by atoms with Gasteiger partial charge in [-0.2, -0.15) is 5.10 Å². The van der Waals surface area contributed by atoms with E-state index in [1.54, 1.807) is 4.68 Å². The third kappa shape index (κ3) is 2.19. The van der Waals surface area contributed by atoms with Crippen molar-refractivity contribution in [3.8, 4) is 0 Å². The minimum Gasteiger partial charge on any atom is -0.387 e. The summed E-state index contributed by atoms with van der Waals surface area (Å²) in [5, 5.41) is 4.24. The molecule has 0 aromatic carbocycles. The van der Waals surface area contributed by atoms with E-state index in [-0.39, 0.29) is 0 Å². The van der Waals surface area contributed by atoms with Gasteiger partial charge in [0.05, 0.1) is 11.9 Å². The summed E-state index contributed by atoms with van der Waals surface area (Å²) in [6, 6.07) is 0. The maximum absolute atomic E-state index is 6.00. The van der Waals surface area contributed by atoms with E-state index >= 15 is 0 Å². The molecule has 82 valence electrons. The maximum Gasteiger partial charge on any atom is 0.106 e. The number of aryl methyl sites for hydroxylation is 2. The summed E-state index contributed by atoms with van der Waals surface area (Å²) in [6.07, 6.45) is 6.86. The van der Waals surface area contributed by atoms with Crippen LogP contribution in [-0.2, 0) is 7.05 Å². The molecule has 0 amide bonds. The van der Waals surface area contributed by atoms with Gasteiger partial charge >= 0.3 is 0 Å². The van der Waals surface area contributed by atoms with Gasteiger partial charge in [-0.05, 0) is 19.8 Å². The van der Waals surface area contributed by atoms with Gasteiger partial charge in [0.25, 0.3) is 0 Å². The first-order valence-corrected chi connectivity index (χ1v) is 5.51. The molecule has 0 aliphatic heterocycles. The molecule has 0 unspecified atom stereocenters. The molecule has 1 saturated carbocycles. The molecule has 0 radical (unpaired) electrons. The Morgan fingerprint density at radius 1 is 1.53 bits per heavy atom. The van der Waals surface area contributed by atoms with Crippen molar-refractivity contribution in [1.29, 1.82) is 0 Å². The van der Waals surface area contributed by atoms with Gasteiger partial charge in [0.1, 0.15) is 11.5 Å². The van der Waals surface area contributed by atoms with Gasteiger partial charge in [0.15, 0.2) is 0 Å². The van der Waals surface area contributed by atoms with E-state index in [9.17, 15) is 0 Å². The second kappa shape index (κ2) is 4.04. The highest BCUT2D eigenvalue weighted by molar-refractivity contribution is 5.85. The van der Waals surface area contributed by atoms with Crippen LogP contribution in [0.4, 0.5) is 5.69 Å². The summed E-state index contributed by atoms with van der Waals surface area (Å²) in [7, 11) is 1.90. The van der Waals surface area contributed by atoms with Crippen molar-refractivity contribution in [2.75, 3.05) is 0 Å². The molecule has 2 rings (SSSR count). The number of aromatic nitrogens is 2. The molecule has 15 heavy (non-hydrogen) atoms. The first-order chi connectivity index (χ1) is 7.16. The van der Waals surface area contributed by atoms with Crippen molar-refractivity contribution in [2.24, 2.45) is 23.7 Å². The molecule has 1 aromatic rings. The monoisotopic (exact) mass is 206 g/mol. The highest BCUT2D eigenvalue weighted by Crippen LogP contribution is 2.26. The predicted molar refractivity (Wildman–Crippen MR) is 61.2 cm³/mol. The molecule has 1 fully saturated rings. The third-order valence-electron chi connectivity index (χ3n) is 3.01. The van der Waals surface area contributed by atoms with Gasteiger partial charge < -0.3 is 5.73 Å². The molecule has 1 heterocycles. The fraction of sp³-hybridized carbons (Fsp3) is 0.636. The minimum atomic E-state index is 0.490. The van der Waals surface area contributed by atoms with Crippen molar-refractivity contribution in [1.82, 2.24) is 9.78 Å². The Morgan fingerprint density at radius 2 is 2.20 bits per heavy atom. The Balaban J connectivity index is 2.17. The number of hydrogen-bond acceptors (Lipinski definition) is 2. The minimum absolute atomic E-state index is 0.490. The molecule has 0 spiro atoms. The summed E-state index contributed by atoms with van der Waals surface area (Å²) >= 11 is 0. The Morgan fingerprint density at radius 3 is 2.73 bits per heavy atom. The van der Waals surface area contributed by atoms with E-state index in [0.717, 1.165) is 17.2 Å². The molecular formula is C11H18N4. The van der Waals surface area contributed by atoms with Crippen LogP contribution in [0.3, 0.4) is 0 Å². The zero-order valence-electron chi connectivity index (χ0n) is 9.40. The summed E-state index contributed by atoms with van der Waals surface area (Å²) < 4.78 is 1.77. The van der Waals surface area contributed by atoms with Crippen LogP contribution in [0.25, 0.3) is 0 Å². The van der Waals surface area contributed by atoms with Crippen LogP contribution in [0.1, 0.15) is 31.4 Å². The third-order valence-corrected chi connectivity index (χ3v) is 3.01. The Hall–Kier alpha value is -1.32. The van der Waals surface area contributed by atoms with Gasteiger partial charge in [0.2, 0.25) is 0 Å². The molecule has 0 bridgehead atoms.